The van der Waals surface area contributed by atoms with Crippen LogP contribution in [-0.2, 0) is 9.59 Å². The Kier molecular flexibility index (Phi) is 3.91. The largest absolute Gasteiger partial charge is 0.389 e. The normalized spacial score (nSPS) is 16.9. The molecule has 0 atom stereocenters. The fourth-order valence-electron chi connectivity index (χ4n) is 1.37. The summed E-state index contributed by atoms with van der Waals surface area (Å²) < 4.78 is 0. The molecule has 1 rings (SSSR count). The fourth-order valence-corrected chi connectivity index (χ4v) is 1.37. The summed E-state index contributed by atoms with van der Waals surface area (Å²) in [5.74, 6) is -0.0662. The number of carbonyl (C=O) groups excluding carboxylic acids is 2. The highest BCUT2D eigenvalue weighted by molar-refractivity contribution is 5.82. The second kappa shape index (κ2) is 4.82. The first-order chi connectivity index (χ1) is 7.30. The van der Waals surface area contributed by atoms with Crippen LogP contribution in [0.3, 0.4) is 0 Å². The molecule has 0 spiro atoms. The second-order valence-corrected chi connectivity index (χ2v) is 5.21. The summed E-state index contributed by atoms with van der Waals surface area (Å²) in [5.41, 5.74) is -0.421. The van der Waals surface area contributed by atoms with Crippen molar-refractivity contribution in [2.45, 2.75) is 33.3 Å². The lowest BCUT2D eigenvalue weighted by atomic mass is 9.96. The summed E-state index contributed by atoms with van der Waals surface area (Å²) in [4.78, 5) is 24.5. The van der Waals surface area contributed by atoms with Crippen molar-refractivity contribution < 1.29 is 14.7 Å². The van der Waals surface area contributed by atoms with Gasteiger partial charge in [-0.3, -0.25) is 9.59 Å². The molecule has 0 radical (unpaired) electrons. The summed E-state index contributed by atoms with van der Waals surface area (Å²) >= 11 is 0. The second-order valence-electron chi connectivity index (χ2n) is 5.21. The summed E-state index contributed by atoms with van der Waals surface area (Å²) in [5, 5.41) is 11.7. The van der Waals surface area contributed by atoms with Crippen LogP contribution in [0.4, 0.5) is 0 Å². The number of rotatable bonds is 3. The molecule has 0 aromatic heterocycles. The van der Waals surface area contributed by atoms with Gasteiger partial charge >= 0.3 is 0 Å². The van der Waals surface area contributed by atoms with E-state index in [-0.39, 0.29) is 17.9 Å². The van der Waals surface area contributed by atoms with Crippen LogP contribution in [0.1, 0.15) is 27.2 Å². The average molecular weight is 228 g/mol. The molecule has 5 nitrogen and oxygen atoms in total. The van der Waals surface area contributed by atoms with Crippen molar-refractivity contribution in [2.24, 2.45) is 5.41 Å². The minimum Gasteiger partial charge on any atom is -0.389 e. The predicted octanol–water partition coefficient (Wildman–Crippen LogP) is -0.258. The minimum atomic E-state index is -0.421. The van der Waals surface area contributed by atoms with Gasteiger partial charge in [-0.25, -0.2) is 0 Å². The molecule has 2 amide bonds. The van der Waals surface area contributed by atoms with Crippen molar-refractivity contribution in [3.63, 3.8) is 0 Å². The van der Waals surface area contributed by atoms with Crippen LogP contribution >= 0.6 is 0 Å². The Morgan fingerprint density at radius 2 is 1.94 bits per heavy atom. The Hall–Kier alpha value is -1.10. The van der Waals surface area contributed by atoms with E-state index in [1.54, 1.807) is 4.90 Å². The van der Waals surface area contributed by atoms with Crippen LogP contribution in [0.15, 0.2) is 0 Å². The summed E-state index contributed by atoms with van der Waals surface area (Å²) in [6, 6.07) is 0. The molecule has 0 unspecified atom stereocenters. The number of β-amino-alcohol motifs (C(OH)–C–C–N with tert-alkyl or cyclic N) is 1. The summed E-state index contributed by atoms with van der Waals surface area (Å²) in [6.45, 7) is 6.70. The quantitative estimate of drug-likeness (QED) is 0.699. The van der Waals surface area contributed by atoms with Gasteiger partial charge in [0.05, 0.1) is 6.10 Å². The molecule has 1 fully saturated rings. The number of aliphatic hydroxyl groups is 1. The van der Waals surface area contributed by atoms with Crippen LogP contribution < -0.4 is 5.32 Å². The summed E-state index contributed by atoms with van der Waals surface area (Å²) in [6.07, 6.45) is -0.0673. The lowest BCUT2D eigenvalue weighted by molar-refractivity contribution is -0.141. The molecule has 0 saturated carbocycles. The maximum Gasteiger partial charge on any atom is 0.225 e. The topological polar surface area (TPSA) is 69.6 Å². The van der Waals surface area contributed by atoms with Crippen LogP contribution in [0.25, 0.3) is 0 Å². The molecule has 0 aromatic carbocycles. The lowest BCUT2D eigenvalue weighted by Crippen LogP contribution is -2.54. The van der Waals surface area contributed by atoms with Gasteiger partial charge in [-0.15, -0.1) is 0 Å². The van der Waals surface area contributed by atoms with E-state index >= 15 is 0 Å². The number of amides is 2. The number of likely N-dealkylation sites (tertiary alicyclic amines) is 1. The highest BCUT2D eigenvalue weighted by Crippen LogP contribution is 2.12. The zero-order valence-electron chi connectivity index (χ0n) is 10.1. The number of hydrogen-bond donors (Lipinski definition) is 2. The van der Waals surface area contributed by atoms with Crippen molar-refractivity contribution in [2.75, 3.05) is 19.6 Å². The molecule has 0 aliphatic carbocycles. The Morgan fingerprint density at radius 1 is 1.38 bits per heavy atom. The van der Waals surface area contributed by atoms with Gasteiger partial charge in [0.15, 0.2) is 0 Å². The molecular formula is C11H20N2O3. The van der Waals surface area contributed by atoms with E-state index in [0.29, 0.717) is 26.1 Å². The van der Waals surface area contributed by atoms with Crippen molar-refractivity contribution in [3.05, 3.63) is 0 Å². The van der Waals surface area contributed by atoms with Gasteiger partial charge in [0, 0.05) is 31.5 Å². The minimum absolute atomic E-state index is 0.0143. The van der Waals surface area contributed by atoms with E-state index in [2.05, 4.69) is 5.32 Å². The van der Waals surface area contributed by atoms with Gasteiger partial charge in [-0.05, 0) is 0 Å². The number of hydrogen-bond acceptors (Lipinski definition) is 3. The Bertz CT molecular complexity index is 277. The molecule has 92 valence electrons. The highest BCUT2D eigenvalue weighted by atomic mass is 16.3. The van der Waals surface area contributed by atoms with Crippen molar-refractivity contribution in [3.8, 4) is 0 Å². The predicted molar refractivity (Wildman–Crippen MR) is 59.7 cm³/mol. The first-order valence-corrected chi connectivity index (χ1v) is 5.55. The van der Waals surface area contributed by atoms with Gasteiger partial charge in [-0.2, -0.15) is 0 Å². The van der Waals surface area contributed by atoms with E-state index in [1.807, 2.05) is 20.8 Å². The average Bonchev–Trinajstić information content (AvgIpc) is 2.11. The molecule has 1 aliphatic rings. The van der Waals surface area contributed by atoms with E-state index in [4.69, 9.17) is 5.11 Å². The Labute approximate surface area is 95.8 Å². The molecule has 16 heavy (non-hydrogen) atoms. The van der Waals surface area contributed by atoms with Gasteiger partial charge < -0.3 is 15.3 Å². The third-order valence-corrected chi connectivity index (χ3v) is 2.52. The van der Waals surface area contributed by atoms with Crippen LogP contribution in [-0.4, -0.2) is 47.6 Å². The van der Waals surface area contributed by atoms with E-state index in [9.17, 15) is 9.59 Å². The zero-order valence-corrected chi connectivity index (χ0v) is 10.1. The third-order valence-electron chi connectivity index (χ3n) is 2.52. The highest BCUT2D eigenvalue weighted by Gasteiger charge is 2.28. The fraction of sp³-hybridized carbons (Fsp3) is 0.818. The van der Waals surface area contributed by atoms with Crippen molar-refractivity contribution in [1.29, 1.82) is 0 Å². The van der Waals surface area contributed by atoms with Gasteiger partial charge in [0.25, 0.3) is 0 Å². The smallest absolute Gasteiger partial charge is 0.225 e. The van der Waals surface area contributed by atoms with Crippen LogP contribution in [0, 0.1) is 5.41 Å². The number of aliphatic hydroxyl groups excluding tert-OH is 1. The maximum absolute atomic E-state index is 11.5. The lowest BCUT2D eigenvalue weighted by Gasteiger charge is -2.36. The molecule has 1 heterocycles. The summed E-state index contributed by atoms with van der Waals surface area (Å²) in [7, 11) is 0. The molecule has 0 aromatic rings. The van der Waals surface area contributed by atoms with Crippen molar-refractivity contribution in [1.82, 2.24) is 10.2 Å². The van der Waals surface area contributed by atoms with Gasteiger partial charge in [0.2, 0.25) is 11.8 Å². The first-order valence-electron chi connectivity index (χ1n) is 5.55. The van der Waals surface area contributed by atoms with E-state index in [0.717, 1.165) is 0 Å². The number of carbonyl (C=O) groups is 2. The molecule has 5 heteroatoms. The molecule has 0 bridgehead atoms. The Morgan fingerprint density at radius 3 is 2.38 bits per heavy atom. The zero-order chi connectivity index (χ0) is 12.3. The molecule has 1 aliphatic heterocycles. The monoisotopic (exact) mass is 228 g/mol. The molecule has 2 N–H and O–H groups in total. The Balaban J connectivity index is 2.16. The number of nitrogens with zero attached hydrogens (tertiary/aromatic N) is 1. The van der Waals surface area contributed by atoms with Gasteiger partial charge in [-0.1, -0.05) is 20.8 Å². The first kappa shape index (κ1) is 13.0. The molecular weight excluding hydrogens is 208 g/mol. The van der Waals surface area contributed by atoms with Gasteiger partial charge in [0.1, 0.15) is 0 Å². The third kappa shape index (κ3) is 3.48. The van der Waals surface area contributed by atoms with Crippen molar-refractivity contribution >= 4 is 11.8 Å². The van der Waals surface area contributed by atoms with Crippen LogP contribution in [0.5, 0.6) is 0 Å². The number of nitrogens with one attached hydrogen (secondary N) is 1. The van der Waals surface area contributed by atoms with E-state index < -0.39 is 5.41 Å². The van der Waals surface area contributed by atoms with E-state index in [1.165, 1.54) is 0 Å². The standard InChI is InChI=1S/C11H20N2O3/c1-11(2,3)10(16)12-5-4-9(15)13-6-8(14)7-13/h8,14H,4-7H2,1-3H3,(H,12,16). The SMILES string of the molecule is CC(C)(C)C(=O)NCCC(=O)N1CC(O)C1. The van der Waals surface area contributed by atoms with Crippen LogP contribution in [0.2, 0.25) is 0 Å². The molecule has 1 saturated heterocycles. The maximum atomic E-state index is 11.5.